The minimum Gasteiger partial charge on any atom is -0.507 e. The molecule has 2 aromatic carbocycles. The van der Waals surface area contributed by atoms with Gasteiger partial charge in [0.15, 0.2) is 0 Å². The Morgan fingerprint density at radius 3 is 2.79 bits per heavy atom. The first kappa shape index (κ1) is 17.4. The Kier molecular flexibility index (Phi) is 5.86. The number of rotatable bonds is 5. The number of halogens is 2. The number of phenolic OH excluding ortho intramolecular Hbond substituents is 1. The van der Waals surface area contributed by atoms with E-state index in [0.29, 0.717) is 10.6 Å². The van der Waals surface area contributed by atoms with E-state index >= 15 is 0 Å². The average Bonchev–Trinajstić information content (AvgIpc) is 2.56. The summed E-state index contributed by atoms with van der Waals surface area (Å²) in [7, 11) is 0. The van der Waals surface area contributed by atoms with E-state index in [1.54, 1.807) is 0 Å². The van der Waals surface area contributed by atoms with Crippen LogP contribution < -0.4 is 10.7 Å². The zero-order valence-corrected chi connectivity index (χ0v) is 13.0. The highest BCUT2D eigenvalue weighted by Crippen LogP contribution is 2.19. The predicted molar refractivity (Wildman–Crippen MR) is 87.6 cm³/mol. The Morgan fingerprint density at radius 2 is 2.04 bits per heavy atom. The van der Waals surface area contributed by atoms with E-state index in [9.17, 15) is 19.1 Å². The molecule has 0 bridgehead atoms. The molecule has 0 fully saturated rings. The quantitative estimate of drug-likeness (QED) is 0.570. The van der Waals surface area contributed by atoms with E-state index in [1.165, 1.54) is 42.6 Å². The second kappa shape index (κ2) is 8.07. The molecule has 0 radical (unpaired) electrons. The van der Waals surface area contributed by atoms with Crippen LogP contribution in [0.3, 0.4) is 0 Å². The van der Waals surface area contributed by atoms with E-state index < -0.39 is 17.6 Å². The molecule has 8 heteroatoms. The number of carbonyl (C=O) groups excluding carboxylic acids is 2. The standard InChI is InChI=1S/C16H13ClFN3O3/c17-12-4-5-14(22)11(6-12)8-20-21-15(23)9-19-16(24)10-2-1-3-13(18)7-10/h1-8,22H,9H2,(H,19,24)(H,21,23)/b20-8-. The van der Waals surface area contributed by atoms with E-state index in [1.807, 2.05) is 0 Å². The topological polar surface area (TPSA) is 90.8 Å². The number of hydrazone groups is 1. The molecule has 0 aliphatic heterocycles. The van der Waals surface area contributed by atoms with Gasteiger partial charge in [-0.2, -0.15) is 5.10 Å². The lowest BCUT2D eigenvalue weighted by Gasteiger charge is -2.04. The van der Waals surface area contributed by atoms with Crippen LogP contribution >= 0.6 is 11.6 Å². The van der Waals surface area contributed by atoms with Gasteiger partial charge in [-0.15, -0.1) is 0 Å². The van der Waals surface area contributed by atoms with Crippen LogP contribution in [0, 0.1) is 5.82 Å². The van der Waals surface area contributed by atoms with Gasteiger partial charge in [-0.25, -0.2) is 9.82 Å². The molecule has 0 atom stereocenters. The summed E-state index contributed by atoms with van der Waals surface area (Å²) in [6.45, 7) is -0.339. The number of carbonyl (C=O) groups is 2. The Bertz CT molecular complexity index is 796. The number of nitrogens with zero attached hydrogens (tertiary/aromatic N) is 1. The highest BCUT2D eigenvalue weighted by Gasteiger charge is 2.08. The fourth-order valence-electron chi connectivity index (χ4n) is 1.73. The van der Waals surface area contributed by atoms with Gasteiger partial charge in [0.2, 0.25) is 0 Å². The van der Waals surface area contributed by atoms with Crippen molar-refractivity contribution in [1.29, 1.82) is 0 Å². The van der Waals surface area contributed by atoms with E-state index in [0.717, 1.165) is 6.07 Å². The Labute approximate surface area is 141 Å². The van der Waals surface area contributed by atoms with Crippen LogP contribution in [-0.4, -0.2) is 29.7 Å². The Balaban J connectivity index is 1.84. The van der Waals surface area contributed by atoms with Crippen molar-refractivity contribution in [3.63, 3.8) is 0 Å². The van der Waals surface area contributed by atoms with Crippen molar-refractivity contribution in [3.8, 4) is 5.75 Å². The molecule has 2 rings (SSSR count). The van der Waals surface area contributed by atoms with Gasteiger partial charge in [-0.1, -0.05) is 17.7 Å². The lowest BCUT2D eigenvalue weighted by molar-refractivity contribution is -0.120. The molecule has 0 unspecified atom stereocenters. The molecule has 2 aromatic rings. The van der Waals surface area contributed by atoms with Gasteiger partial charge in [0.25, 0.3) is 11.8 Å². The molecule has 3 N–H and O–H groups in total. The molecule has 124 valence electrons. The van der Waals surface area contributed by atoms with Crippen molar-refractivity contribution in [3.05, 3.63) is 64.4 Å². The summed E-state index contributed by atoms with van der Waals surface area (Å²) in [5.41, 5.74) is 2.62. The van der Waals surface area contributed by atoms with Gasteiger partial charge in [0.05, 0.1) is 12.8 Å². The van der Waals surface area contributed by atoms with Gasteiger partial charge in [0, 0.05) is 16.1 Å². The minimum atomic E-state index is -0.586. The Hall–Kier alpha value is -2.93. The normalized spacial score (nSPS) is 10.6. The maximum absolute atomic E-state index is 13.0. The van der Waals surface area contributed by atoms with Crippen LogP contribution in [0.2, 0.25) is 5.02 Å². The maximum atomic E-state index is 13.0. The number of benzene rings is 2. The van der Waals surface area contributed by atoms with Gasteiger partial charge in [-0.3, -0.25) is 9.59 Å². The second-order valence-electron chi connectivity index (χ2n) is 4.69. The van der Waals surface area contributed by atoms with E-state index in [2.05, 4.69) is 15.8 Å². The van der Waals surface area contributed by atoms with Crippen LogP contribution in [0.5, 0.6) is 5.75 Å². The van der Waals surface area contributed by atoms with Crippen molar-refractivity contribution in [2.75, 3.05) is 6.54 Å². The average molecular weight is 350 g/mol. The van der Waals surface area contributed by atoms with Crippen LogP contribution in [0.4, 0.5) is 4.39 Å². The molecule has 0 saturated heterocycles. The molecule has 0 heterocycles. The number of phenols is 1. The summed E-state index contributed by atoms with van der Waals surface area (Å²) in [5, 5.41) is 16.0. The zero-order chi connectivity index (χ0) is 17.5. The van der Waals surface area contributed by atoms with Crippen molar-refractivity contribution in [1.82, 2.24) is 10.7 Å². The monoisotopic (exact) mass is 349 g/mol. The fourth-order valence-corrected chi connectivity index (χ4v) is 1.92. The summed E-state index contributed by atoms with van der Waals surface area (Å²) in [6.07, 6.45) is 1.22. The first-order valence-corrected chi connectivity index (χ1v) is 7.17. The SMILES string of the molecule is O=C(CNC(=O)c1cccc(F)c1)N/N=C\c1cc(Cl)ccc1O. The first-order valence-electron chi connectivity index (χ1n) is 6.80. The lowest BCUT2D eigenvalue weighted by Crippen LogP contribution is -2.34. The summed E-state index contributed by atoms with van der Waals surface area (Å²) in [6, 6.07) is 9.47. The number of hydrogen-bond acceptors (Lipinski definition) is 4. The van der Waals surface area contributed by atoms with Crippen molar-refractivity contribution in [2.24, 2.45) is 5.10 Å². The fraction of sp³-hybridized carbons (Fsp3) is 0.0625. The molecular weight excluding hydrogens is 337 g/mol. The number of amides is 2. The van der Waals surface area contributed by atoms with Crippen molar-refractivity contribution >= 4 is 29.6 Å². The zero-order valence-electron chi connectivity index (χ0n) is 12.3. The van der Waals surface area contributed by atoms with Crippen LogP contribution in [0.1, 0.15) is 15.9 Å². The van der Waals surface area contributed by atoms with Crippen molar-refractivity contribution < 1.29 is 19.1 Å². The largest absolute Gasteiger partial charge is 0.507 e. The van der Waals surface area contributed by atoms with Gasteiger partial charge in [0.1, 0.15) is 11.6 Å². The molecule has 2 amide bonds. The molecule has 0 aliphatic carbocycles. The molecule has 24 heavy (non-hydrogen) atoms. The molecule has 0 aromatic heterocycles. The number of hydrogen-bond donors (Lipinski definition) is 3. The van der Waals surface area contributed by atoms with Gasteiger partial charge < -0.3 is 10.4 Å². The third-order valence-electron chi connectivity index (χ3n) is 2.88. The van der Waals surface area contributed by atoms with Crippen LogP contribution in [0.25, 0.3) is 0 Å². The number of nitrogens with one attached hydrogen (secondary N) is 2. The van der Waals surface area contributed by atoms with Crippen molar-refractivity contribution in [2.45, 2.75) is 0 Å². The molecule has 0 spiro atoms. The van der Waals surface area contributed by atoms with Crippen LogP contribution in [-0.2, 0) is 4.79 Å². The number of aromatic hydroxyl groups is 1. The lowest BCUT2D eigenvalue weighted by atomic mass is 10.2. The summed E-state index contributed by atoms with van der Waals surface area (Å²) in [5.74, 6) is -1.76. The smallest absolute Gasteiger partial charge is 0.259 e. The third-order valence-corrected chi connectivity index (χ3v) is 3.11. The van der Waals surface area contributed by atoms with Gasteiger partial charge in [-0.05, 0) is 36.4 Å². The van der Waals surface area contributed by atoms with Crippen LogP contribution in [0.15, 0.2) is 47.6 Å². The highest BCUT2D eigenvalue weighted by molar-refractivity contribution is 6.30. The molecule has 6 nitrogen and oxygen atoms in total. The predicted octanol–water partition coefficient (Wildman–Crippen LogP) is 2.06. The second-order valence-corrected chi connectivity index (χ2v) is 5.13. The van der Waals surface area contributed by atoms with E-state index in [-0.39, 0.29) is 17.9 Å². The molecular formula is C16H13ClFN3O3. The molecule has 0 aliphatic rings. The molecule has 0 saturated carbocycles. The Morgan fingerprint density at radius 1 is 1.25 bits per heavy atom. The summed E-state index contributed by atoms with van der Waals surface area (Å²) < 4.78 is 13.0. The minimum absolute atomic E-state index is 0.0446. The van der Waals surface area contributed by atoms with E-state index in [4.69, 9.17) is 11.6 Å². The summed E-state index contributed by atoms with van der Waals surface area (Å²) in [4.78, 5) is 23.3. The first-order chi connectivity index (χ1) is 11.5. The summed E-state index contributed by atoms with van der Waals surface area (Å²) >= 11 is 5.78. The van der Waals surface area contributed by atoms with Gasteiger partial charge >= 0.3 is 0 Å². The highest BCUT2D eigenvalue weighted by atomic mass is 35.5. The maximum Gasteiger partial charge on any atom is 0.259 e. The third kappa shape index (κ3) is 5.06.